The normalized spacial score (nSPS) is 22.6. The number of halogens is 2. The predicted molar refractivity (Wildman–Crippen MR) is 85.9 cm³/mol. The summed E-state index contributed by atoms with van der Waals surface area (Å²) in [6, 6.07) is 0. The highest BCUT2D eigenvalue weighted by Gasteiger charge is 2.18. The predicted octanol–water partition coefficient (Wildman–Crippen LogP) is 4.41. The smallest absolute Gasteiger partial charge is 0.115 e. The van der Waals surface area contributed by atoms with Gasteiger partial charge in [-0.05, 0) is 56.9 Å². The Hall–Kier alpha value is -0.700. The highest BCUT2D eigenvalue weighted by molar-refractivity contribution is 6.33. The molecule has 0 bridgehead atoms. The number of allylic oxidation sites excluding steroid dienone is 6. The summed E-state index contributed by atoms with van der Waals surface area (Å²) in [7, 11) is 0. The van der Waals surface area contributed by atoms with Crippen LogP contribution in [0.2, 0.25) is 0 Å². The van der Waals surface area contributed by atoms with Gasteiger partial charge in [-0.2, -0.15) is 0 Å². The molecule has 0 aliphatic heterocycles. The summed E-state index contributed by atoms with van der Waals surface area (Å²) in [5.41, 5.74) is 7.94. The van der Waals surface area contributed by atoms with Gasteiger partial charge in [-0.1, -0.05) is 23.3 Å². The first-order valence-corrected chi connectivity index (χ1v) is 7.93. The zero-order valence-corrected chi connectivity index (χ0v) is 13.1. The third-order valence-corrected chi connectivity index (χ3v) is 4.36. The molecule has 0 aromatic heterocycles. The van der Waals surface area contributed by atoms with Crippen molar-refractivity contribution in [3.8, 4) is 0 Å². The standard InChI is InChI=1S/C16H21Cl2NO/c17-15-7-2-8-16(18)14(15)11-20-13-6-1-4-12(10-13)5-3-9-19/h2,6-7,10,16H,1,3-5,8-9,11,19H2. The van der Waals surface area contributed by atoms with Crippen LogP contribution < -0.4 is 5.73 Å². The van der Waals surface area contributed by atoms with Crippen molar-refractivity contribution in [2.45, 2.75) is 37.5 Å². The second-order valence-electron chi connectivity index (χ2n) is 5.11. The molecule has 2 rings (SSSR count). The Morgan fingerprint density at radius 3 is 3.00 bits per heavy atom. The first-order chi connectivity index (χ1) is 9.70. The summed E-state index contributed by atoms with van der Waals surface area (Å²) >= 11 is 12.4. The molecule has 1 unspecified atom stereocenters. The summed E-state index contributed by atoms with van der Waals surface area (Å²) in [5.74, 6) is 0.929. The highest BCUT2D eigenvalue weighted by Crippen LogP contribution is 2.28. The molecule has 0 aromatic rings. The number of alkyl halides is 1. The van der Waals surface area contributed by atoms with Gasteiger partial charge in [0.1, 0.15) is 12.4 Å². The number of ether oxygens (including phenoxy) is 1. The molecule has 0 saturated heterocycles. The van der Waals surface area contributed by atoms with Gasteiger partial charge in [0.25, 0.3) is 0 Å². The third kappa shape index (κ3) is 4.41. The highest BCUT2D eigenvalue weighted by atomic mass is 35.5. The Balaban J connectivity index is 1.92. The van der Waals surface area contributed by atoms with Crippen LogP contribution in [0.15, 0.2) is 46.2 Å². The van der Waals surface area contributed by atoms with E-state index in [9.17, 15) is 0 Å². The van der Waals surface area contributed by atoms with Crippen molar-refractivity contribution in [2.75, 3.05) is 13.2 Å². The number of nitrogens with two attached hydrogens (primary N) is 1. The fraction of sp³-hybridized carbons (Fsp3) is 0.500. The molecule has 0 amide bonds. The minimum Gasteiger partial charge on any atom is -0.489 e. The minimum atomic E-state index is -0.0580. The number of hydrogen-bond donors (Lipinski definition) is 1. The molecule has 0 radical (unpaired) electrons. The van der Waals surface area contributed by atoms with Crippen molar-refractivity contribution in [1.82, 2.24) is 0 Å². The summed E-state index contributed by atoms with van der Waals surface area (Å²) < 4.78 is 5.87. The molecule has 0 saturated carbocycles. The average molecular weight is 314 g/mol. The van der Waals surface area contributed by atoms with E-state index in [1.807, 2.05) is 12.2 Å². The van der Waals surface area contributed by atoms with E-state index in [0.29, 0.717) is 11.6 Å². The van der Waals surface area contributed by atoms with Crippen LogP contribution in [-0.2, 0) is 4.74 Å². The maximum absolute atomic E-state index is 6.27. The largest absolute Gasteiger partial charge is 0.489 e. The summed E-state index contributed by atoms with van der Waals surface area (Å²) in [6.45, 7) is 1.20. The van der Waals surface area contributed by atoms with Gasteiger partial charge >= 0.3 is 0 Å². The van der Waals surface area contributed by atoms with Gasteiger partial charge in [0.2, 0.25) is 0 Å². The maximum atomic E-state index is 6.27. The van der Waals surface area contributed by atoms with E-state index in [0.717, 1.165) is 50.0 Å². The minimum absolute atomic E-state index is 0.0580. The van der Waals surface area contributed by atoms with Crippen molar-refractivity contribution in [3.05, 3.63) is 46.2 Å². The van der Waals surface area contributed by atoms with E-state index in [1.165, 1.54) is 5.57 Å². The Labute approximate surface area is 131 Å². The molecular weight excluding hydrogens is 293 g/mol. The molecule has 2 aliphatic carbocycles. The summed E-state index contributed by atoms with van der Waals surface area (Å²) in [6.07, 6.45) is 13.2. The zero-order chi connectivity index (χ0) is 14.4. The van der Waals surface area contributed by atoms with Gasteiger partial charge in [0.05, 0.1) is 5.38 Å². The topological polar surface area (TPSA) is 35.2 Å². The lowest BCUT2D eigenvalue weighted by atomic mass is 9.99. The van der Waals surface area contributed by atoms with Crippen LogP contribution in [0, 0.1) is 0 Å². The van der Waals surface area contributed by atoms with Crippen LogP contribution in [0.3, 0.4) is 0 Å². The van der Waals surface area contributed by atoms with Crippen molar-refractivity contribution >= 4 is 23.2 Å². The molecule has 2 nitrogen and oxygen atoms in total. The fourth-order valence-corrected chi connectivity index (χ4v) is 2.98. The van der Waals surface area contributed by atoms with Crippen LogP contribution >= 0.6 is 23.2 Å². The van der Waals surface area contributed by atoms with E-state index in [1.54, 1.807) is 0 Å². The summed E-state index contributed by atoms with van der Waals surface area (Å²) in [4.78, 5) is 0. The first-order valence-electron chi connectivity index (χ1n) is 7.12. The van der Waals surface area contributed by atoms with E-state index < -0.39 is 0 Å². The lowest BCUT2D eigenvalue weighted by Gasteiger charge is -2.20. The quantitative estimate of drug-likeness (QED) is 0.737. The van der Waals surface area contributed by atoms with Crippen molar-refractivity contribution < 1.29 is 4.74 Å². The van der Waals surface area contributed by atoms with E-state index in [4.69, 9.17) is 33.7 Å². The Morgan fingerprint density at radius 1 is 1.40 bits per heavy atom. The zero-order valence-electron chi connectivity index (χ0n) is 11.6. The molecule has 2 aliphatic rings. The monoisotopic (exact) mass is 313 g/mol. The van der Waals surface area contributed by atoms with Crippen LogP contribution in [0.4, 0.5) is 0 Å². The molecule has 1 atom stereocenters. The van der Waals surface area contributed by atoms with E-state index >= 15 is 0 Å². The molecule has 4 heteroatoms. The number of hydrogen-bond acceptors (Lipinski definition) is 2. The van der Waals surface area contributed by atoms with Crippen LogP contribution in [-0.4, -0.2) is 18.5 Å². The van der Waals surface area contributed by atoms with Gasteiger partial charge < -0.3 is 10.5 Å². The van der Waals surface area contributed by atoms with Gasteiger partial charge in [-0.25, -0.2) is 0 Å². The van der Waals surface area contributed by atoms with Gasteiger partial charge in [0, 0.05) is 10.6 Å². The fourth-order valence-electron chi connectivity index (χ4n) is 2.37. The van der Waals surface area contributed by atoms with Gasteiger partial charge in [-0.15, -0.1) is 11.6 Å². The molecule has 0 heterocycles. The number of rotatable bonds is 6. The van der Waals surface area contributed by atoms with Gasteiger partial charge in [-0.3, -0.25) is 0 Å². The van der Waals surface area contributed by atoms with E-state index in [2.05, 4.69) is 12.2 Å². The maximum Gasteiger partial charge on any atom is 0.115 e. The Kier molecular flexibility index (Phi) is 6.21. The molecule has 2 N–H and O–H groups in total. The average Bonchev–Trinajstić information content (AvgIpc) is 2.45. The Morgan fingerprint density at radius 2 is 2.25 bits per heavy atom. The van der Waals surface area contributed by atoms with Gasteiger partial charge in [0.15, 0.2) is 0 Å². The molecule has 0 aromatic carbocycles. The third-order valence-electron chi connectivity index (χ3n) is 3.55. The van der Waals surface area contributed by atoms with E-state index in [-0.39, 0.29) is 5.38 Å². The van der Waals surface area contributed by atoms with Crippen LogP contribution in [0.1, 0.15) is 32.1 Å². The lowest BCUT2D eigenvalue weighted by molar-refractivity contribution is 0.246. The molecule has 20 heavy (non-hydrogen) atoms. The second kappa shape index (κ2) is 7.92. The van der Waals surface area contributed by atoms with Crippen molar-refractivity contribution in [1.29, 1.82) is 0 Å². The summed E-state index contributed by atoms with van der Waals surface area (Å²) in [5, 5.41) is 0.650. The Bertz CT molecular complexity index is 463. The first kappa shape index (κ1) is 15.7. The molecule has 110 valence electrons. The van der Waals surface area contributed by atoms with Crippen molar-refractivity contribution in [3.63, 3.8) is 0 Å². The molecule has 0 fully saturated rings. The second-order valence-corrected chi connectivity index (χ2v) is 6.04. The van der Waals surface area contributed by atoms with Crippen molar-refractivity contribution in [2.24, 2.45) is 5.73 Å². The SMILES string of the molecule is NCCCC1=CC(OCC2=C(Cl)C=CCC2Cl)=CCC1. The van der Waals surface area contributed by atoms with Crippen LogP contribution in [0.25, 0.3) is 0 Å². The lowest BCUT2D eigenvalue weighted by Crippen LogP contribution is -2.13. The van der Waals surface area contributed by atoms with Crippen LogP contribution in [0.5, 0.6) is 0 Å². The molecular formula is C16H21Cl2NO. The molecule has 0 spiro atoms.